The average molecular weight is 493 g/mol. The first-order valence-corrected chi connectivity index (χ1v) is 11.9. The van der Waals surface area contributed by atoms with Crippen LogP contribution < -0.4 is 9.80 Å². The van der Waals surface area contributed by atoms with Crippen molar-refractivity contribution in [3.63, 3.8) is 0 Å². The van der Waals surface area contributed by atoms with Gasteiger partial charge in [0, 0.05) is 37.7 Å². The molecular formula is C26H29ClN6O2. The number of aromatic nitrogens is 2. The molecule has 3 aromatic rings. The number of likely N-dealkylation sites (N-methyl/N-ethyl adjacent to an activating group) is 1. The fourth-order valence-electron chi connectivity index (χ4n) is 4.16. The summed E-state index contributed by atoms with van der Waals surface area (Å²) in [4.78, 5) is 26.7. The van der Waals surface area contributed by atoms with E-state index in [-0.39, 0.29) is 10.6 Å². The van der Waals surface area contributed by atoms with Crippen LogP contribution in [0.2, 0.25) is 5.02 Å². The molecule has 0 radical (unpaired) electrons. The number of hydrogen-bond donors (Lipinski definition) is 0. The number of halogens is 1. The summed E-state index contributed by atoms with van der Waals surface area (Å²) < 4.78 is 0. The van der Waals surface area contributed by atoms with Crippen molar-refractivity contribution >= 4 is 34.5 Å². The Kier molecular flexibility index (Phi) is 7.94. The van der Waals surface area contributed by atoms with E-state index in [1.54, 1.807) is 0 Å². The first-order valence-electron chi connectivity index (χ1n) is 11.6. The maximum absolute atomic E-state index is 12.3. The highest BCUT2D eigenvalue weighted by atomic mass is 35.5. The van der Waals surface area contributed by atoms with Gasteiger partial charge in [0.25, 0.3) is 0 Å². The van der Waals surface area contributed by atoms with E-state index in [1.807, 2.05) is 78.5 Å². The number of nitro groups is 1. The van der Waals surface area contributed by atoms with Gasteiger partial charge in [-0.2, -0.15) is 0 Å². The third-order valence-electron chi connectivity index (χ3n) is 6.02. The van der Waals surface area contributed by atoms with Crippen molar-refractivity contribution in [1.29, 1.82) is 0 Å². The first kappa shape index (κ1) is 24.6. The van der Waals surface area contributed by atoms with E-state index >= 15 is 0 Å². The van der Waals surface area contributed by atoms with Crippen LogP contribution >= 0.6 is 11.6 Å². The Morgan fingerprint density at radius 1 is 1.06 bits per heavy atom. The molecule has 2 heterocycles. The highest BCUT2D eigenvalue weighted by Crippen LogP contribution is 2.36. The van der Waals surface area contributed by atoms with Crippen molar-refractivity contribution in [3.8, 4) is 0 Å². The maximum Gasteiger partial charge on any atom is 0.353 e. The molecule has 0 bridgehead atoms. The summed E-state index contributed by atoms with van der Waals surface area (Å²) in [5.74, 6) is 0.701. The standard InChI is InChI=1S/C26H29ClN6O2/c1-30(2)16-17-32(18-20-6-4-3-5-7-20)26-24(33(34)35)25(28-19-29-26)31-14-12-22(13-15-31)21-8-10-23(27)11-9-21/h3-12,19H,13-18H2,1-2H3. The van der Waals surface area contributed by atoms with Gasteiger partial charge >= 0.3 is 5.69 Å². The molecule has 0 unspecified atom stereocenters. The molecule has 1 aromatic heterocycles. The van der Waals surface area contributed by atoms with Gasteiger partial charge < -0.3 is 14.7 Å². The fraction of sp³-hybridized carbons (Fsp3) is 0.308. The highest BCUT2D eigenvalue weighted by Gasteiger charge is 2.31. The molecule has 1 aliphatic heterocycles. The molecule has 0 spiro atoms. The summed E-state index contributed by atoms with van der Waals surface area (Å²) in [5.41, 5.74) is 3.33. The van der Waals surface area contributed by atoms with Crippen LogP contribution in [0.1, 0.15) is 17.5 Å². The van der Waals surface area contributed by atoms with E-state index in [0.29, 0.717) is 42.8 Å². The molecular weight excluding hydrogens is 464 g/mol. The van der Waals surface area contributed by atoms with E-state index in [0.717, 1.165) is 24.1 Å². The van der Waals surface area contributed by atoms with E-state index in [2.05, 4.69) is 20.9 Å². The smallest absolute Gasteiger partial charge is 0.347 e. The monoisotopic (exact) mass is 492 g/mol. The topological polar surface area (TPSA) is 78.6 Å². The molecule has 2 aromatic carbocycles. The molecule has 0 amide bonds. The summed E-state index contributed by atoms with van der Waals surface area (Å²) in [5, 5.41) is 13.0. The predicted molar refractivity (Wildman–Crippen MR) is 141 cm³/mol. The summed E-state index contributed by atoms with van der Waals surface area (Å²) in [6, 6.07) is 17.7. The normalized spacial score (nSPS) is 13.6. The third kappa shape index (κ3) is 6.15. The lowest BCUT2D eigenvalue weighted by molar-refractivity contribution is -0.383. The number of nitrogens with zero attached hydrogens (tertiary/aromatic N) is 6. The van der Waals surface area contributed by atoms with E-state index in [9.17, 15) is 10.1 Å². The number of hydrogen-bond acceptors (Lipinski definition) is 7. The Labute approximate surface area is 210 Å². The Morgan fingerprint density at radius 2 is 1.80 bits per heavy atom. The van der Waals surface area contributed by atoms with Crippen molar-refractivity contribution in [3.05, 3.63) is 93.3 Å². The number of anilines is 2. The van der Waals surface area contributed by atoms with Crippen LogP contribution in [0.5, 0.6) is 0 Å². The minimum absolute atomic E-state index is 0.0504. The lowest BCUT2D eigenvalue weighted by Crippen LogP contribution is -2.34. The van der Waals surface area contributed by atoms with E-state index in [1.165, 1.54) is 11.9 Å². The van der Waals surface area contributed by atoms with Gasteiger partial charge in [-0.15, -0.1) is 0 Å². The molecule has 0 fully saturated rings. The van der Waals surface area contributed by atoms with Crippen LogP contribution in [-0.4, -0.2) is 60.1 Å². The van der Waals surface area contributed by atoms with Crippen LogP contribution in [0.15, 0.2) is 67.0 Å². The maximum atomic E-state index is 12.3. The molecule has 9 heteroatoms. The van der Waals surface area contributed by atoms with Crippen LogP contribution in [0.3, 0.4) is 0 Å². The van der Waals surface area contributed by atoms with Gasteiger partial charge in [-0.05, 0) is 49.3 Å². The Morgan fingerprint density at radius 3 is 2.43 bits per heavy atom. The minimum Gasteiger partial charge on any atom is -0.347 e. The van der Waals surface area contributed by atoms with Crippen molar-refractivity contribution in [2.24, 2.45) is 0 Å². The van der Waals surface area contributed by atoms with Crippen molar-refractivity contribution in [2.75, 3.05) is 50.1 Å². The molecule has 35 heavy (non-hydrogen) atoms. The van der Waals surface area contributed by atoms with Crippen molar-refractivity contribution in [2.45, 2.75) is 13.0 Å². The van der Waals surface area contributed by atoms with Crippen LogP contribution in [-0.2, 0) is 6.54 Å². The molecule has 0 aliphatic carbocycles. The summed E-state index contributed by atoms with van der Waals surface area (Å²) in [6.45, 7) is 3.01. The van der Waals surface area contributed by atoms with Gasteiger partial charge in [-0.1, -0.05) is 60.1 Å². The molecule has 0 saturated heterocycles. The third-order valence-corrected chi connectivity index (χ3v) is 6.27. The second kappa shape index (κ2) is 11.3. The molecule has 0 saturated carbocycles. The summed E-state index contributed by atoms with van der Waals surface area (Å²) in [6.07, 6.45) is 4.29. The minimum atomic E-state index is -0.350. The van der Waals surface area contributed by atoms with Gasteiger partial charge in [-0.3, -0.25) is 10.1 Å². The van der Waals surface area contributed by atoms with Gasteiger partial charge in [0.1, 0.15) is 6.33 Å². The van der Waals surface area contributed by atoms with Gasteiger partial charge in [-0.25, -0.2) is 9.97 Å². The van der Waals surface area contributed by atoms with E-state index in [4.69, 9.17) is 11.6 Å². The van der Waals surface area contributed by atoms with Crippen LogP contribution in [0.4, 0.5) is 17.3 Å². The molecule has 0 N–H and O–H groups in total. The molecule has 0 atom stereocenters. The lowest BCUT2D eigenvalue weighted by atomic mass is 9.99. The SMILES string of the molecule is CN(C)CCN(Cc1ccccc1)c1ncnc(N2CC=C(c3ccc(Cl)cc3)CC2)c1[N+](=O)[O-]. The average Bonchev–Trinajstić information content (AvgIpc) is 2.87. The quantitative estimate of drug-likeness (QED) is 0.310. The van der Waals surface area contributed by atoms with Crippen molar-refractivity contribution in [1.82, 2.24) is 14.9 Å². The Balaban J connectivity index is 1.64. The van der Waals surface area contributed by atoms with Crippen LogP contribution in [0.25, 0.3) is 5.57 Å². The fourth-order valence-corrected chi connectivity index (χ4v) is 4.28. The van der Waals surface area contributed by atoms with Gasteiger partial charge in [0.2, 0.25) is 11.6 Å². The second-order valence-electron chi connectivity index (χ2n) is 8.77. The molecule has 182 valence electrons. The highest BCUT2D eigenvalue weighted by molar-refractivity contribution is 6.30. The molecule has 4 rings (SSSR count). The molecule has 1 aliphatic rings. The van der Waals surface area contributed by atoms with E-state index < -0.39 is 0 Å². The zero-order valence-electron chi connectivity index (χ0n) is 20.0. The van der Waals surface area contributed by atoms with Gasteiger partial charge in [0.05, 0.1) is 4.92 Å². The van der Waals surface area contributed by atoms with Crippen LogP contribution in [0, 0.1) is 10.1 Å². The summed E-state index contributed by atoms with van der Waals surface area (Å²) in [7, 11) is 3.97. The Bertz CT molecular complexity index is 1180. The number of rotatable bonds is 9. The Hall–Kier alpha value is -3.49. The largest absolute Gasteiger partial charge is 0.353 e. The second-order valence-corrected chi connectivity index (χ2v) is 9.21. The lowest BCUT2D eigenvalue weighted by Gasteiger charge is -2.29. The number of benzene rings is 2. The zero-order valence-corrected chi connectivity index (χ0v) is 20.7. The zero-order chi connectivity index (χ0) is 24.8. The predicted octanol–water partition coefficient (Wildman–Crippen LogP) is 4.90. The summed E-state index contributed by atoms with van der Waals surface area (Å²) >= 11 is 6.02. The first-order chi connectivity index (χ1) is 16.9. The molecule has 8 nitrogen and oxygen atoms in total. The van der Waals surface area contributed by atoms with Gasteiger partial charge in [0.15, 0.2) is 0 Å². The van der Waals surface area contributed by atoms with Crippen molar-refractivity contribution < 1.29 is 4.92 Å².